The molecule has 296 valence electrons. The van der Waals surface area contributed by atoms with Gasteiger partial charge in [-0.3, -0.25) is 0 Å². The zero-order valence-corrected chi connectivity index (χ0v) is 34.5. The van der Waals surface area contributed by atoms with Crippen molar-refractivity contribution >= 4 is 0 Å². The molecule has 3 nitrogen and oxygen atoms in total. The highest BCUT2D eigenvalue weighted by Crippen LogP contribution is 2.48. The Bertz CT molecular complexity index is 845. The Morgan fingerprint density at radius 2 is 0.961 bits per heavy atom. The second-order valence-corrected chi connectivity index (χ2v) is 16.8. The molecule has 1 N–H and O–H groups in total. The van der Waals surface area contributed by atoms with E-state index in [1.807, 2.05) is 0 Å². The summed E-state index contributed by atoms with van der Waals surface area (Å²) in [5.41, 5.74) is 0.420. The van der Waals surface area contributed by atoms with Crippen molar-refractivity contribution in [1.82, 2.24) is 4.90 Å². The molecule has 1 heterocycles. The summed E-state index contributed by atoms with van der Waals surface area (Å²) >= 11 is 0. The predicted octanol–water partition coefficient (Wildman–Crippen LogP) is 14.8. The summed E-state index contributed by atoms with van der Waals surface area (Å²) in [6.07, 6.45) is 59.6. The van der Waals surface area contributed by atoms with E-state index in [1.165, 1.54) is 161 Å². The Morgan fingerprint density at radius 1 is 0.549 bits per heavy atom. The molecule has 1 aliphatic heterocycles. The quantitative estimate of drug-likeness (QED) is 0.0429. The van der Waals surface area contributed by atoms with Crippen LogP contribution in [0.1, 0.15) is 219 Å². The summed E-state index contributed by atoms with van der Waals surface area (Å²) in [6.45, 7) is 6.67. The lowest BCUT2D eigenvalue weighted by molar-refractivity contribution is -0.261. The predicted molar refractivity (Wildman–Crippen MR) is 225 cm³/mol. The van der Waals surface area contributed by atoms with Gasteiger partial charge in [0, 0.05) is 19.4 Å². The van der Waals surface area contributed by atoms with Crippen molar-refractivity contribution in [1.29, 1.82) is 0 Å². The average Bonchev–Trinajstić information content (AvgIpc) is 3.12. The summed E-state index contributed by atoms with van der Waals surface area (Å²) in [7, 11) is 2.19. The van der Waals surface area contributed by atoms with E-state index in [2.05, 4.69) is 74.4 Å². The standard InChI is InChI=1S/C48H87NO2/c1-4-6-8-10-12-14-16-18-20-22-24-26-28-30-32-34-38-47(40-42-48(50,43-41-47)51-46-37-36-44-49(3)45-46)39-35-33-31-29-27-25-23-21-19-17-15-13-11-9-7-5-2/h12-15,18-21,46,50H,4-11,16-17,22-45H2,1-3H3/b14-12-,15-13-,20-18-,21-19-. The minimum Gasteiger partial charge on any atom is -0.365 e. The van der Waals surface area contributed by atoms with Crippen LogP contribution in [0.25, 0.3) is 0 Å². The van der Waals surface area contributed by atoms with Gasteiger partial charge < -0.3 is 14.7 Å². The molecule has 1 saturated carbocycles. The van der Waals surface area contributed by atoms with Crippen molar-refractivity contribution in [2.45, 2.75) is 231 Å². The van der Waals surface area contributed by atoms with Crippen molar-refractivity contribution in [2.75, 3.05) is 20.1 Å². The fraction of sp³-hybridized carbons (Fsp3) is 0.833. The van der Waals surface area contributed by atoms with Crippen LogP contribution in [0.4, 0.5) is 0 Å². The van der Waals surface area contributed by atoms with Crippen LogP contribution >= 0.6 is 0 Å². The Labute approximate surface area is 319 Å². The summed E-state index contributed by atoms with van der Waals surface area (Å²) in [6, 6.07) is 0. The first kappa shape index (κ1) is 46.0. The topological polar surface area (TPSA) is 32.7 Å². The maximum absolute atomic E-state index is 11.5. The highest BCUT2D eigenvalue weighted by atomic mass is 16.6. The van der Waals surface area contributed by atoms with E-state index in [9.17, 15) is 5.11 Å². The average molecular weight is 710 g/mol. The van der Waals surface area contributed by atoms with E-state index in [1.54, 1.807) is 0 Å². The van der Waals surface area contributed by atoms with Crippen LogP contribution in [0.3, 0.4) is 0 Å². The summed E-state index contributed by atoms with van der Waals surface area (Å²) in [4.78, 5) is 2.36. The van der Waals surface area contributed by atoms with Gasteiger partial charge in [0.05, 0.1) is 6.10 Å². The summed E-state index contributed by atoms with van der Waals surface area (Å²) < 4.78 is 6.45. The highest BCUT2D eigenvalue weighted by Gasteiger charge is 2.43. The molecule has 1 atom stereocenters. The first-order valence-electron chi connectivity index (χ1n) is 22.7. The van der Waals surface area contributed by atoms with E-state index in [-0.39, 0.29) is 6.10 Å². The number of ether oxygens (including phenoxy) is 1. The van der Waals surface area contributed by atoms with Crippen LogP contribution in [0, 0.1) is 5.41 Å². The van der Waals surface area contributed by atoms with Gasteiger partial charge in [-0.2, -0.15) is 0 Å². The molecular formula is C48H87NO2. The van der Waals surface area contributed by atoms with Crippen LogP contribution in [-0.4, -0.2) is 42.0 Å². The molecule has 0 aromatic heterocycles. The first-order valence-corrected chi connectivity index (χ1v) is 22.7. The van der Waals surface area contributed by atoms with Gasteiger partial charge in [0.2, 0.25) is 0 Å². The molecule has 2 fully saturated rings. The van der Waals surface area contributed by atoms with Gasteiger partial charge in [-0.05, 0) is 122 Å². The molecule has 1 unspecified atom stereocenters. The molecule has 51 heavy (non-hydrogen) atoms. The van der Waals surface area contributed by atoms with Crippen LogP contribution in [0.5, 0.6) is 0 Å². The molecule has 1 saturated heterocycles. The van der Waals surface area contributed by atoms with Gasteiger partial charge in [-0.25, -0.2) is 0 Å². The SMILES string of the molecule is CCCCC/C=C\C/C=C\CCCCCCCCC1(CCCCCCCC/C=C\C/C=C\CCCCC)CCC(O)(OC2CCCN(C)C2)CC1. The number of unbranched alkanes of at least 4 members (excludes halogenated alkanes) is 18. The van der Waals surface area contributed by atoms with Crippen LogP contribution in [0.15, 0.2) is 48.6 Å². The Balaban J connectivity index is 1.63. The monoisotopic (exact) mass is 710 g/mol. The van der Waals surface area contributed by atoms with Crippen molar-refractivity contribution in [3.63, 3.8) is 0 Å². The van der Waals surface area contributed by atoms with Gasteiger partial charge in [-0.1, -0.05) is 152 Å². The van der Waals surface area contributed by atoms with Crippen molar-refractivity contribution in [3.05, 3.63) is 48.6 Å². The number of likely N-dealkylation sites (tertiary alicyclic amines) is 1. The lowest BCUT2D eigenvalue weighted by Crippen LogP contribution is -2.47. The maximum Gasteiger partial charge on any atom is 0.165 e. The van der Waals surface area contributed by atoms with E-state index in [4.69, 9.17) is 4.74 Å². The molecule has 2 aliphatic rings. The first-order chi connectivity index (χ1) is 25.0. The number of rotatable bonds is 32. The lowest BCUT2D eigenvalue weighted by Gasteiger charge is -2.46. The molecule has 1 aliphatic carbocycles. The highest BCUT2D eigenvalue weighted by molar-refractivity contribution is 4.94. The fourth-order valence-corrected chi connectivity index (χ4v) is 8.42. The normalized spacial score (nSPS) is 19.8. The third kappa shape index (κ3) is 24.7. The zero-order chi connectivity index (χ0) is 36.6. The maximum atomic E-state index is 11.5. The van der Waals surface area contributed by atoms with E-state index in [0.717, 1.165) is 58.0 Å². The van der Waals surface area contributed by atoms with Crippen LogP contribution in [-0.2, 0) is 4.74 Å². The lowest BCUT2D eigenvalue weighted by atomic mass is 9.66. The van der Waals surface area contributed by atoms with Crippen molar-refractivity contribution in [3.8, 4) is 0 Å². The van der Waals surface area contributed by atoms with Crippen LogP contribution < -0.4 is 0 Å². The number of allylic oxidation sites excluding steroid dienone is 8. The molecular weight excluding hydrogens is 623 g/mol. The smallest absolute Gasteiger partial charge is 0.165 e. The van der Waals surface area contributed by atoms with Crippen molar-refractivity contribution in [2.24, 2.45) is 5.41 Å². The van der Waals surface area contributed by atoms with E-state index < -0.39 is 5.79 Å². The zero-order valence-electron chi connectivity index (χ0n) is 34.5. The summed E-state index contributed by atoms with van der Waals surface area (Å²) in [5, 5.41) is 11.5. The minimum atomic E-state index is -0.898. The van der Waals surface area contributed by atoms with E-state index >= 15 is 0 Å². The molecule has 0 bridgehead atoms. The number of aliphatic hydroxyl groups is 1. The third-order valence-corrected chi connectivity index (χ3v) is 11.9. The Morgan fingerprint density at radius 3 is 1.39 bits per heavy atom. The second-order valence-electron chi connectivity index (χ2n) is 16.8. The van der Waals surface area contributed by atoms with Gasteiger partial charge in [0.15, 0.2) is 5.79 Å². The Hall–Kier alpha value is -1.16. The third-order valence-electron chi connectivity index (χ3n) is 11.9. The number of piperidine rings is 1. The van der Waals surface area contributed by atoms with Gasteiger partial charge in [0.1, 0.15) is 0 Å². The van der Waals surface area contributed by atoms with Gasteiger partial charge >= 0.3 is 0 Å². The van der Waals surface area contributed by atoms with Gasteiger partial charge in [0.25, 0.3) is 0 Å². The largest absolute Gasteiger partial charge is 0.365 e. The fourth-order valence-electron chi connectivity index (χ4n) is 8.42. The van der Waals surface area contributed by atoms with Gasteiger partial charge in [-0.15, -0.1) is 0 Å². The number of nitrogens with zero attached hydrogens (tertiary/aromatic N) is 1. The number of hydrogen-bond acceptors (Lipinski definition) is 3. The minimum absolute atomic E-state index is 0.196. The summed E-state index contributed by atoms with van der Waals surface area (Å²) in [5.74, 6) is -0.898. The molecule has 0 aromatic carbocycles. The number of likely N-dealkylation sites (N-methyl/N-ethyl adjacent to an activating group) is 1. The molecule has 2 rings (SSSR count). The molecule has 0 amide bonds. The molecule has 3 heteroatoms. The van der Waals surface area contributed by atoms with E-state index in [0.29, 0.717) is 5.41 Å². The van der Waals surface area contributed by atoms with Crippen LogP contribution in [0.2, 0.25) is 0 Å². The second kappa shape index (κ2) is 31.2. The number of hydrogen-bond donors (Lipinski definition) is 1. The Kier molecular flexibility index (Phi) is 28.2. The molecule has 0 spiro atoms. The van der Waals surface area contributed by atoms with Crippen molar-refractivity contribution < 1.29 is 9.84 Å². The molecule has 0 aromatic rings. The molecule has 0 radical (unpaired) electrons.